The van der Waals surface area contributed by atoms with Crippen LogP contribution in [-0.2, 0) is 13.1 Å². The molecule has 0 aliphatic carbocycles. The molecule has 2 N–H and O–H groups in total. The molecule has 0 radical (unpaired) electrons. The van der Waals surface area contributed by atoms with Gasteiger partial charge in [-0.3, -0.25) is 0 Å². The first kappa shape index (κ1) is 18.3. The Morgan fingerprint density at radius 1 is 0.929 bits per heavy atom. The summed E-state index contributed by atoms with van der Waals surface area (Å²) in [5.41, 5.74) is 3.42. The minimum absolute atomic E-state index is 0.166. The summed E-state index contributed by atoms with van der Waals surface area (Å²) >= 11 is 0. The molecule has 144 valence electrons. The second-order valence-electron chi connectivity index (χ2n) is 7.30. The minimum Gasteiger partial charge on any atom is -0.356 e. The molecule has 3 aromatic rings. The quantitative estimate of drug-likeness (QED) is 0.706. The summed E-state index contributed by atoms with van der Waals surface area (Å²) in [5.74, 6) is 0.991. The summed E-state index contributed by atoms with van der Waals surface area (Å²) in [6.45, 7) is 5.16. The van der Waals surface area contributed by atoms with Crippen LogP contribution in [0.1, 0.15) is 29.5 Å². The Labute approximate surface area is 165 Å². The van der Waals surface area contributed by atoms with E-state index in [1.807, 2.05) is 30.5 Å². The maximum absolute atomic E-state index is 12.4. The molecular weight excluding hydrogens is 348 g/mol. The molecule has 2 amide bonds. The largest absolute Gasteiger partial charge is 0.356 e. The van der Waals surface area contributed by atoms with Crippen LogP contribution in [0.2, 0.25) is 0 Å². The third-order valence-corrected chi connectivity index (χ3v) is 5.38. The van der Waals surface area contributed by atoms with Crippen molar-refractivity contribution in [3.63, 3.8) is 0 Å². The molecule has 2 aromatic carbocycles. The van der Waals surface area contributed by atoms with Crippen molar-refractivity contribution in [2.45, 2.75) is 32.9 Å². The van der Waals surface area contributed by atoms with Gasteiger partial charge in [-0.1, -0.05) is 42.5 Å². The summed E-state index contributed by atoms with van der Waals surface area (Å²) in [6, 6.07) is 16.3. The average molecular weight is 374 g/mol. The number of fused-ring (bicyclic) bond motifs is 1. The first-order chi connectivity index (χ1) is 13.7. The van der Waals surface area contributed by atoms with Gasteiger partial charge in [0.05, 0.1) is 0 Å². The van der Waals surface area contributed by atoms with Crippen LogP contribution >= 0.6 is 0 Å². The number of carbonyl (C=O) groups is 1. The SMILES string of the molecule is Cc1ccc(CNC(=O)NCc2cccnc2N2CCCC2)c2ccccc12. The predicted molar refractivity (Wildman–Crippen MR) is 113 cm³/mol. The van der Waals surface area contributed by atoms with Gasteiger partial charge in [0.2, 0.25) is 0 Å². The number of nitrogens with one attached hydrogen (secondary N) is 2. The lowest BCUT2D eigenvalue weighted by atomic mass is 10.0. The van der Waals surface area contributed by atoms with Gasteiger partial charge in [0.25, 0.3) is 0 Å². The highest BCUT2D eigenvalue weighted by Crippen LogP contribution is 2.23. The molecule has 2 heterocycles. The maximum Gasteiger partial charge on any atom is 0.315 e. The highest BCUT2D eigenvalue weighted by Gasteiger charge is 2.17. The van der Waals surface area contributed by atoms with Gasteiger partial charge in [0.1, 0.15) is 5.82 Å². The molecule has 4 rings (SSSR count). The number of hydrogen-bond donors (Lipinski definition) is 2. The van der Waals surface area contributed by atoms with E-state index in [9.17, 15) is 4.79 Å². The molecule has 1 aliphatic rings. The molecule has 0 saturated carbocycles. The van der Waals surface area contributed by atoms with Crippen molar-refractivity contribution in [2.24, 2.45) is 0 Å². The molecule has 1 aromatic heterocycles. The van der Waals surface area contributed by atoms with Gasteiger partial charge >= 0.3 is 6.03 Å². The van der Waals surface area contributed by atoms with Crippen molar-refractivity contribution >= 4 is 22.6 Å². The Morgan fingerprint density at radius 3 is 2.43 bits per heavy atom. The number of hydrogen-bond acceptors (Lipinski definition) is 3. The van der Waals surface area contributed by atoms with E-state index < -0.39 is 0 Å². The van der Waals surface area contributed by atoms with Crippen LogP contribution in [0.15, 0.2) is 54.7 Å². The summed E-state index contributed by atoms with van der Waals surface area (Å²) < 4.78 is 0. The smallest absolute Gasteiger partial charge is 0.315 e. The fourth-order valence-electron chi connectivity index (χ4n) is 3.86. The lowest BCUT2D eigenvalue weighted by Gasteiger charge is -2.20. The number of nitrogens with zero attached hydrogens (tertiary/aromatic N) is 2. The third-order valence-electron chi connectivity index (χ3n) is 5.38. The van der Waals surface area contributed by atoms with Crippen molar-refractivity contribution in [3.8, 4) is 0 Å². The molecule has 5 heteroatoms. The highest BCUT2D eigenvalue weighted by molar-refractivity contribution is 5.88. The molecule has 0 bridgehead atoms. The summed E-state index contributed by atoms with van der Waals surface area (Å²) in [5, 5.41) is 8.38. The van der Waals surface area contributed by atoms with Crippen molar-refractivity contribution in [1.82, 2.24) is 15.6 Å². The maximum atomic E-state index is 12.4. The van der Waals surface area contributed by atoms with E-state index in [1.165, 1.54) is 29.2 Å². The number of anilines is 1. The molecule has 1 saturated heterocycles. The van der Waals surface area contributed by atoms with Gasteiger partial charge < -0.3 is 15.5 Å². The molecule has 1 fully saturated rings. The van der Waals surface area contributed by atoms with Crippen LogP contribution in [0, 0.1) is 6.92 Å². The first-order valence-corrected chi connectivity index (χ1v) is 9.90. The second-order valence-corrected chi connectivity index (χ2v) is 7.30. The monoisotopic (exact) mass is 374 g/mol. The van der Waals surface area contributed by atoms with E-state index in [1.54, 1.807) is 0 Å². The van der Waals surface area contributed by atoms with Crippen molar-refractivity contribution < 1.29 is 4.79 Å². The molecular formula is C23H26N4O. The average Bonchev–Trinajstić information content (AvgIpc) is 3.27. The normalized spacial score (nSPS) is 13.7. The van der Waals surface area contributed by atoms with Gasteiger partial charge in [-0.25, -0.2) is 9.78 Å². The first-order valence-electron chi connectivity index (χ1n) is 9.90. The molecule has 5 nitrogen and oxygen atoms in total. The van der Waals surface area contributed by atoms with Crippen molar-refractivity contribution in [3.05, 3.63) is 71.4 Å². The minimum atomic E-state index is -0.166. The van der Waals surface area contributed by atoms with E-state index in [4.69, 9.17) is 0 Å². The standard InChI is InChI=1S/C23H26N4O/c1-17-10-11-18(21-9-3-2-8-20(17)21)15-25-23(28)26-16-19-7-6-12-24-22(19)27-13-4-5-14-27/h2-3,6-12H,4-5,13-16H2,1H3,(H2,25,26,28). The highest BCUT2D eigenvalue weighted by atomic mass is 16.2. The van der Waals surface area contributed by atoms with Gasteiger partial charge in [-0.2, -0.15) is 0 Å². The van der Waals surface area contributed by atoms with Gasteiger partial charge in [0, 0.05) is 37.9 Å². The third kappa shape index (κ3) is 3.93. The van der Waals surface area contributed by atoms with Crippen LogP contribution in [0.3, 0.4) is 0 Å². The molecule has 0 atom stereocenters. The van der Waals surface area contributed by atoms with Crippen LogP contribution in [0.25, 0.3) is 10.8 Å². The lowest BCUT2D eigenvalue weighted by molar-refractivity contribution is 0.240. The van der Waals surface area contributed by atoms with Crippen LogP contribution in [0.5, 0.6) is 0 Å². The molecule has 28 heavy (non-hydrogen) atoms. The fourth-order valence-corrected chi connectivity index (χ4v) is 3.86. The molecule has 0 spiro atoms. The number of urea groups is 1. The number of pyridine rings is 1. The van der Waals surface area contributed by atoms with Crippen molar-refractivity contribution in [1.29, 1.82) is 0 Å². The molecule has 0 unspecified atom stereocenters. The Morgan fingerprint density at radius 2 is 1.64 bits per heavy atom. The predicted octanol–water partition coefficient (Wildman–Crippen LogP) is 4.14. The zero-order chi connectivity index (χ0) is 19.3. The van der Waals surface area contributed by atoms with E-state index in [0.29, 0.717) is 13.1 Å². The topological polar surface area (TPSA) is 57.3 Å². The lowest BCUT2D eigenvalue weighted by Crippen LogP contribution is -2.35. The summed E-state index contributed by atoms with van der Waals surface area (Å²) in [7, 11) is 0. The Kier molecular flexibility index (Phi) is 5.42. The zero-order valence-corrected chi connectivity index (χ0v) is 16.2. The van der Waals surface area contributed by atoms with E-state index in [-0.39, 0.29) is 6.03 Å². The number of aryl methyl sites for hydroxylation is 1. The van der Waals surface area contributed by atoms with Gasteiger partial charge in [-0.15, -0.1) is 0 Å². The number of benzene rings is 2. The van der Waals surface area contributed by atoms with E-state index in [0.717, 1.165) is 30.0 Å². The zero-order valence-electron chi connectivity index (χ0n) is 16.2. The number of aromatic nitrogens is 1. The van der Waals surface area contributed by atoms with Gasteiger partial charge in [-0.05, 0) is 47.7 Å². The Bertz CT molecular complexity index is 979. The Balaban J connectivity index is 1.38. The second kappa shape index (κ2) is 8.30. The summed E-state index contributed by atoms with van der Waals surface area (Å²) in [6.07, 6.45) is 4.22. The van der Waals surface area contributed by atoms with Gasteiger partial charge in [0.15, 0.2) is 0 Å². The Hall–Kier alpha value is -3.08. The van der Waals surface area contributed by atoms with Crippen molar-refractivity contribution in [2.75, 3.05) is 18.0 Å². The summed E-state index contributed by atoms with van der Waals surface area (Å²) in [4.78, 5) is 19.2. The fraction of sp³-hybridized carbons (Fsp3) is 0.304. The van der Waals surface area contributed by atoms with E-state index >= 15 is 0 Å². The number of amides is 2. The van der Waals surface area contributed by atoms with Crippen LogP contribution in [0.4, 0.5) is 10.6 Å². The number of carbonyl (C=O) groups excluding carboxylic acids is 1. The number of rotatable bonds is 5. The molecule has 1 aliphatic heterocycles. The van der Waals surface area contributed by atoms with E-state index in [2.05, 4.69) is 51.7 Å². The van der Waals surface area contributed by atoms with Crippen LogP contribution in [-0.4, -0.2) is 24.1 Å². The van der Waals surface area contributed by atoms with Crippen LogP contribution < -0.4 is 15.5 Å².